The maximum atomic E-state index is 12.0. The molecule has 1 aliphatic heterocycles. The number of nitrogens with zero attached hydrogens (tertiary/aromatic N) is 2. The predicted molar refractivity (Wildman–Crippen MR) is 93.2 cm³/mol. The molecule has 1 N–H and O–H groups in total. The first-order valence-corrected chi connectivity index (χ1v) is 7.97. The fourth-order valence-electron chi connectivity index (χ4n) is 2.64. The molecule has 5 nitrogen and oxygen atoms in total. The number of anilines is 1. The van der Waals surface area contributed by atoms with Gasteiger partial charge in [0.25, 0.3) is 0 Å². The number of piperidine rings is 1. The molecular weight excluding hydrogens is 290 g/mol. The number of amides is 2. The molecule has 0 bridgehead atoms. The Morgan fingerprint density at radius 2 is 1.78 bits per heavy atom. The van der Waals surface area contributed by atoms with Gasteiger partial charge in [0.05, 0.1) is 0 Å². The Morgan fingerprint density at radius 1 is 1.17 bits per heavy atom. The topological polar surface area (TPSA) is 52.7 Å². The maximum absolute atomic E-state index is 12.0. The van der Waals surface area contributed by atoms with Crippen LogP contribution in [0.25, 0.3) is 6.08 Å². The van der Waals surface area contributed by atoms with E-state index < -0.39 is 0 Å². The summed E-state index contributed by atoms with van der Waals surface area (Å²) in [7, 11) is 3.99. The third-order valence-electron chi connectivity index (χ3n) is 4.12. The summed E-state index contributed by atoms with van der Waals surface area (Å²) in [5, 5.41) is 3.01. The Hall–Kier alpha value is -2.30. The molecule has 1 saturated heterocycles. The Balaban J connectivity index is 1.81. The molecule has 0 spiro atoms. The van der Waals surface area contributed by atoms with Crippen LogP contribution in [0.1, 0.15) is 25.3 Å². The number of hydrogen-bond acceptors (Lipinski definition) is 3. The Labute approximate surface area is 138 Å². The molecule has 124 valence electrons. The van der Waals surface area contributed by atoms with Gasteiger partial charge in [-0.25, -0.2) is 0 Å². The smallest absolute Gasteiger partial charge is 0.244 e. The predicted octanol–water partition coefficient (Wildman–Crippen LogP) is 1.89. The second kappa shape index (κ2) is 7.81. The van der Waals surface area contributed by atoms with Crippen LogP contribution in [0.3, 0.4) is 0 Å². The molecule has 0 radical (unpaired) electrons. The summed E-state index contributed by atoms with van der Waals surface area (Å²) in [5.41, 5.74) is 2.13. The van der Waals surface area contributed by atoms with Gasteiger partial charge in [0.15, 0.2) is 0 Å². The van der Waals surface area contributed by atoms with Crippen molar-refractivity contribution in [3.8, 4) is 0 Å². The normalized spacial score (nSPS) is 15.7. The minimum atomic E-state index is -0.0806. The Bertz CT molecular complexity index is 570. The van der Waals surface area contributed by atoms with E-state index in [9.17, 15) is 9.59 Å². The monoisotopic (exact) mass is 315 g/mol. The average Bonchev–Trinajstić information content (AvgIpc) is 2.54. The fourth-order valence-corrected chi connectivity index (χ4v) is 2.64. The summed E-state index contributed by atoms with van der Waals surface area (Å²) in [6, 6.07) is 8.18. The molecular formula is C18H25N3O2. The van der Waals surface area contributed by atoms with Gasteiger partial charge in [-0.2, -0.15) is 0 Å². The van der Waals surface area contributed by atoms with Crippen LogP contribution >= 0.6 is 0 Å². The molecule has 0 aromatic heterocycles. The second-order valence-electron chi connectivity index (χ2n) is 6.11. The van der Waals surface area contributed by atoms with Crippen LogP contribution in [-0.2, 0) is 9.59 Å². The molecule has 2 rings (SSSR count). The van der Waals surface area contributed by atoms with Crippen molar-refractivity contribution in [1.82, 2.24) is 10.2 Å². The number of rotatable bonds is 4. The van der Waals surface area contributed by atoms with E-state index in [0.29, 0.717) is 0 Å². The molecule has 1 aliphatic rings. The second-order valence-corrected chi connectivity index (χ2v) is 6.11. The number of benzene rings is 1. The van der Waals surface area contributed by atoms with E-state index in [4.69, 9.17) is 0 Å². The van der Waals surface area contributed by atoms with Gasteiger partial charge < -0.3 is 15.1 Å². The van der Waals surface area contributed by atoms with Gasteiger partial charge in [0.1, 0.15) is 0 Å². The summed E-state index contributed by atoms with van der Waals surface area (Å²) < 4.78 is 0. The lowest BCUT2D eigenvalue weighted by Gasteiger charge is -2.31. The highest BCUT2D eigenvalue weighted by atomic mass is 16.2. The molecule has 0 saturated carbocycles. The number of likely N-dealkylation sites (tertiary alicyclic amines) is 1. The van der Waals surface area contributed by atoms with Gasteiger partial charge in [0.2, 0.25) is 11.8 Å². The molecule has 1 heterocycles. The van der Waals surface area contributed by atoms with Crippen LogP contribution in [-0.4, -0.2) is 49.9 Å². The van der Waals surface area contributed by atoms with Gasteiger partial charge in [0, 0.05) is 51.9 Å². The standard InChI is InChI=1S/C18H25N3O2/c1-14(22)21-12-10-16(11-13-21)19-18(23)9-6-15-4-7-17(8-5-15)20(2)3/h4-9,16H,10-13H2,1-3H3,(H,19,23)/b9-6-. The van der Waals surface area contributed by atoms with E-state index >= 15 is 0 Å². The molecule has 2 amide bonds. The summed E-state index contributed by atoms with van der Waals surface area (Å²) in [4.78, 5) is 27.1. The van der Waals surface area contributed by atoms with Crippen molar-refractivity contribution in [1.29, 1.82) is 0 Å². The van der Waals surface area contributed by atoms with Crippen molar-refractivity contribution in [2.75, 3.05) is 32.1 Å². The molecule has 1 aromatic carbocycles. The Kier molecular flexibility index (Phi) is 5.79. The van der Waals surface area contributed by atoms with Crippen LogP contribution < -0.4 is 10.2 Å². The van der Waals surface area contributed by atoms with E-state index in [1.54, 1.807) is 13.0 Å². The molecule has 0 unspecified atom stereocenters. The zero-order valence-electron chi connectivity index (χ0n) is 14.1. The Morgan fingerprint density at radius 3 is 2.30 bits per heavy atom. The van der Waals surface area contributed by atoms with E-state index in [0.717, 1.165) is 37.2 Å². The lowest BCUT2D eigenvalue weighted by molar-refractivity contribution is -0.129. The average molecular weight is 315 g/mol. The molecule has 5 heteroatoms. The van der Waals surface area contributed by atoms with E-state index in [2.05, 4.69) is 5.32 Å². The van der Waals surface area contributed by atoms with Crippen molar-refractivity contribution in [3.63, 3.8) is 0 Å². The lowest BCUT2D eigenvalue weighted by atomic mass is 10.0. The van der Waals surface area contributed by atoms with E-state index in [-0.39, 0.29) is 17.9 Å². The van der Waals surface area contributed by atoms with Crippen molar-refractivity contribution >= 4 is 23.6 Å². The number of hydrogen-bond donors (Lipinski definition) is 1. The minimum absolute atomic E-state index is 0.0806. The number of carbonyl (C=O) groups excluding carboxylic acids is 2. The van der Waals surface area contributed by atoms with Crippen LogP contribution in [0.2, 0.25) is 0 Å². The summed E-state index contributed by atoms with van der Waals surface area (Å²) in [6.07, 6.45) is 5.02. The molecule has 23 heavy (non-hydrogen) atoms. The minimum Gasteiger partial charge on any atom is -0.378 e. The quantitative estimate of drug-likeness (QED) is 0.863. The summed E-state index contributed by atoms with van der Waals surface area (Å²) in [5.74, 6) is 0.0267. The fraction of sp³-hybridized carbons (Fsp3) is 0.444. The van der Waals surface area contributed by atoms with Gasteiger partial charge in [-0.05, 0) is 36.6 Å². The van der Waals surface area contributed by atoms with Crippen LogP contribution in [0.4, 0.5) is 5.69 Å². The van der Waals surface area contributed by atoms with E-state index in [1.807, 2.05) is 54.2 Å². The third-order valence-corrected chi connectivity index (χ3v) is 4.12. The molecule has 1 aromatic rings. The lowest BCUT2D eigenvalue weighted by Crippen LogP contribution is -2.45. The van der Waals surface area contributed by atoms with E-state index in [1.165, 1.54) is 0 Å². The van der Waals surface area contributed by atoms with Crippen molar-refractivity contribution in [3.05, 3.63) is 35.9 Å². The van der Waals surface area contributed by atoms with Crippen molar-refractivity contribution < 1.29 is 9.59 Å². The van der Waals surface area contributed by atoms with Gasteiger partial charge in [-0.3, -0.25) is 9.59 Å². The van der Waals surface area contributed by atoms with Gasteiger partial charge in [-0.15, -0.1) is 0 Å². The number of carbonyl (C=O) groups is 2. The first-order valence-electron chi connectivity index (χ1n) is 7.97. The zero-order chi connectivity index (χ0) is 16.8. The van der Waals surface area contributed by atoms with Crippen LogP contribution in [0.5, 0.6) is 0 Å². The first-order chi connectivity index (χ1) is 11.0. The zero-order valence-corrected chi connectivity index (χ0v) is 14.1. The highest BCUT2D eigenvalue weighted by Crippen LogP contribution is 2.13. The van der Waals surface area contributed by atoms with Crippen molar-refractivity contribution in [2.45, 2.75) is 25.8 Å². The first kappa shape index (κ1) is 17.1. The van der Waals surface area contributed by atoms with Gasteiger partial charge in [-0.1, -0.05) is 12.1 Å². The van der Waals surface area contributed by atoms with Gasteiger partial charge >= 0.3 is 0 Å². The largest absolute Gasteiger partial charge is 0.378 e. The van der Waals surface area contributed by atoms with Crippen LogP contribution in [0, 0.1) is 0 Å². The number of nitrogens with one attached hydrogen (secondary N) is 1. The molecule has 0 atom stereocenters. The maximum Gasteiger partial charge on any atom is 0.244 e. The third kappa shape index (κ3) is 5.13. The molecule has 0 aliphatic carbocycles. The highest BCUT2D eigenvalue weighted by molar-refractivity contribution is 5.92. The summed E-state index contributed by atoms with van der Waals surface area (Å²) >= 11 is 0. The highest BCUT2D eigenvalue weighted by Gasteiger charge is 2.21. The summed E-state index contributed by atoms with van der Waals surface area (Å²) in [6.45, 7) is 3.02. The van der Waals surface area contributed by atoms with Crippen molar-refractivity contribution in [2.24, 2.45) is 0 Å². The molecule has 1 fully saturated rings. The van der Waals surface area contributed by atoms with Crippen LogP contribution in [0.15, 0.2) is 30.3 Å². The SMILES string of the molecule is CC(=O)N1CCC(NC(=O)/C=C\c2ccc(N(C)C)cc2)CC1.